The zero-order valence-electron chi connectivity index (χ0n) is 23.2. The number of benzene rings is 1. The molecule has 0 saturated carbocycles. The summed E-state index contributed by atoms with van der Waals surface area (Å²) in [6.07, 6.45) is -1.33. The quantitative estimate of drug-likeness (QED) is 0.364. The van der Waals surface area contributed by atoms with Gasteiger partial charge in [0, 0.05) is 25.2 Å². The van der Waals surface area contributed by atoms with Gasteiger partial charge in [0.1, 0.15) is 12.7 Å². The van der Waals surface area contributed by atoms with E-state index in [9.17, 15) is 18.0 Å². The van der Waals surface area contributed by atoms with Crippen molar-refractivity contribution < 1.29 is 32.2 Å². The maximum absolute atomic E-state index is 13.5. The lowest BCUT2D eigenvalue weighted by molar-refractivity contribution is -0.141. The lowest BCUT2D eigenvalue weighted by Gasteiger charge is -2.26. The standard InChI is InChI=1S/C28H30ClF3N6O4/c1-4-37-9-6-10-38(24-22(37)12-21(29)23(36-24)17-7-5-8-18(11-17)28(30,31)32)26(39)35-19-13-33-25(34-14-19)40-15-20-16-41-27(2,3)42-20/h5,7-8,11-14,20H,4,6,9-10,15-16H2,1-3H3,(H,35,39)/t20-/m1/s1. The molecule has 1 N–H and O–H groups in total. The highest BCUT2D eigenvalue weighted by Gasteiger charge is 2.34. The Balaban J connectivity index is 1.37. The molecule has 14 heteroatoms. The number of hydrogen-bond donors (Lipinski definition) is 1. The Hall–Kier alpha value is -3.68. The summed E-state index contributed by atoms with van der Waals surface area (Å²) in [6, 6.07) is 6.03. The van der Waals surface area contributed by atoms with Crippen molar-refractivity contribution in [1.29, 1.82) is 0 Å². The summed E-state index contributed by atoms with van der Waals surface area (Å²) in [7, 11) is 0. The Morgan fingerprint density at radius 3 is 2.64 bits per heavy atom. The van der Waals surface area contributed by atoms with Gasteiger partial charge in [-0.15, -0.1) is 0 Å². The summed E-state index contributed by atoms with van der Waals surface area (Å²) >= 11 is 6.56. The van der Waals surface area contributed by atoms with Gasteiger partial charge in [0.15, 0.2) is 11.6 Å². The van der Waals surface area contributed by atoms with E-state index in [-0.39, 0.29) is 40.8 Å². The molecule has 0 bridgehead atoms. The fourth-order valence-electron chi connectivity index (χ4n) is 4.78. The largest absolute Gasteiger partial charge is 0.461 e. The van der Waals surface area contributed by atoms with E-state index in [0.29, 0.717) is 44.0 Å². The summed E-state index contributed by atoms with van der Waals surface area (Å²) in [5.41, 5.74) is 0.429. The first-order valence-corrected chi connectivity index (χ1v) is 13.8. The first kappa shape index (κ1) is 29.8. The molecule has 0 aliphatic carbocycles. The number of fused-ring (bicyclic) bond motifs is 1. The third-order valence-electron chi connectivity index (χ3n) is 6.78. The number of nitrogens with zero attached hydrogens (tertiary/aromatic N) is 5. The van der Waals surface area contributed by atoms with E-state index in [1.165, 1.54) is 29.4 Å². The zero-order chi connectivity index (χ0) is 30.1. The number of rotatable bonds is 6. The average Bonchev–Trinajstić information content (AvgIpc) is 3.20. The molecular formula is C28H30ClF3N6O4. The van der Waals surface area contributed by atoms with Gasteiger partial charge in [-0.2, -0.15) is 13.2 Å². The van der Waals surface area contributed by atoms with Crippen LogP contribution in [0.15, 0.2) is 42.7 Å². The number of amides is 2. The van der Waals surface area contributed by atoms with Crippen molar-refractivity contribution >= 4 is 34.8 Å². The minimum Gasteiger partial charge on any atom is -0.461 e. The van der Waals surface area contributed by atoms with E-state index < -0.39 is 23.6 Å². The van der Waals surface area contributed by atoms with Gasteiger partial charge in [0.25, 0.3) is 0 Å². The number of carbonyl (C=O) groups excluding carboxylic acids is 1. The molecule has 1 fully saturated rings. The second-order valence-electron chi connectivity index (χ2n) is 10.3. The predicted molar refractivity (Wildman–Crippen MR) is 151 cm³/mol. The highest BCUT2D eigenvalue weighted by molar-refractivity contribution is 6.33. The summed E-state index contributed by atoms with van der Waals surface area (Å²) in [4.78, 5) is 29.9. The van der Waals surface area contributed by atoms with Crippen LogP contribution in [0.5, 0.6) is 6.01 Å². The number of carbonyl (C=O) groups is 1. The van der Waals surface area contributed by atoms with Crippen molar-refractivity contribution in [3.05, 3.63) is 53.3 Å². The molecule has 2 amide bonds. The Kier molecular flexibility index (Phi) is 8.44. The number of anilines is 3. The van der Waals surface area contributed by atoms with E-state index in [1.54, 1.807) is 6.07 Å². The molecule has 2 aliphatic heterocycles. The van der Waals surface area contributed by atoms with Crippen LogP contribution in [0.3, 0.4) is 0 Å². The normalized spacial score (nSPS) is 18.4. The van der Waals surface area contributed by atoms with Gasteiger partial charge in [-0.1, -0.05) is 23.7 Å². The Morgan fingerprint density at radius 1 is 1.21 bits per heavy atom. The number of nitrogens with one attached hydrogen (secondary N) is 1. The second-order valence-corrected chi connectivity index (χ2v) is 10.7. The van der Waals surface area contributed by atoms with Gasteiger partial charge in [0.2, 0.25) is 0 Å². The number of pyridine rings is 1. The molecule has 1 atom stereocenters. The van der Waals surface area contributed by atoms with Gasteiger partial charge >= 0.3 is 18.2 Å². The monoisotopic (exact) mass is 606 g/mol. The topological polar surface area (TPSA) is 102 Å². The molecule has 2 aromatic heterocycles. The number of ether oxygens (including phenoxy) is 3. The first-order chi connectivity index (χ1) is 19.9. The van der Waals surface area contributed by atoms with E-state index in [2.05, 4.69) is 20.3 Å². The lowest BCUT2D eigenvalue weighted by atomic mass is 10.1. The van der Waals surface area contributed by atoms with Gasteiger partial charge in [-0.3, -0.25) is 4.90 Å². The van der Waals surface area contributed by atoms with Gasteiger partial charge in [-0.05, 0) is 45.4 Å². The van der Waals surface area contributed by atoms with Crippen LogP contribution in [0.2, 0.25) is 5.02 Å². The fraction of sp³-hybridized carbons (Fsp3) is 0.429. The third-order valence-corrected chi connectivity index (χ3v) is 7.07. The van der Waals surface area contributed by atoms with Crippen LogP contribution in [-0.4, -0.2) is 65.7 Å². The van der Waals surface area contributed by atoms with E-state index in [1.807, 2.05) is 25.7 Å². The molecule has 3 aromatic rings. The van der Waals surface area contributed by atoms with Gasteiger partial charge < -0.3 is 24.4 Å². The number of halogens is 4. The van der Waals surface area contributed by atoms with Crippen molar-refractivity contribution in [1.82, 2.24) is 15.0 Å². The highest BCUT2D eigenvalue weighted by Crippen LogP contribution is 2.40. The minimum absolute atomic E-state index is 0.113. The molecule has 224 valence electrons. The fourth-order valence-corrected chi connectivity index (χ4v) is 5.03. The molecule has 10 nitrogen and oxygen atoms in total. The van der Waals surface area contributed by atoms with Crippen LogP contribution in [0.1, 0.15) is 32.8 Å². The maximum atomic E-state index is 13.5. The number of alkyl halides is 3. The Labute approximate surface area is 245 Å². The molecule has 2 aliphatic rings. The molecular weight excluding hydrogens is 577 g/mol. The van der Waals surface area contributed by atoms with Crippen molar-refractivity contribution in [3.63, 3.8) is 0 Å². The van der Waals surface area contributed by atoms with Crippen LogP contribution >= 0.6 is 11.6 Å². The smallest absolute Gasteiger partial charge is 0.416 e. The van der Waals surface area contributed by atoms with E-state index in [0.717, 1.165) is 12.1 Å². The number of urea groups is 1. The molecule has 4 heterocycles. The van der Waals surface area contributed by atoms with Crippen molar-refractivity contribution in [2.75, 3.05) is 48.0 Å². The Morgan fingerprint density at radius 2 is 1.98 bits per heavy atom. The summed E-state index contributed by atoms with van der Waals surface area (Å²) in [6.45, 7) is 7.76. The maximum Gasteiger partial charge on any atom is 0.416 e. The van der Waals surface area contributed by atoms with Crippen LogP contribution in [0, 0.1) is 0 Å². The third kappa shape index (κ3) is 6.69. The SMILES string of the molecule is CCN1CCCN(C(=O)Nc2cnc(OC[C@@H]3COC(C)(C)O3)nc2)c2nc(-c3cccc(C(F)(F)F)c3)c(Cl)cc21. The predicted octanol–water partition coefficient (Wildman–Crippen LogP) is 6.01. The second kappa shape index (κ2) is 11.9. The first-order valence-electron chi connectivity index (χ1n) is 13.4. The van der Waals surface area contributed by atoms with Gasteiger partial charge in [-0.25, -0.2) is 19.7 Å². The molecule has 1 saturated heterocycles. The van der Waals surface area contributed by atoms with Crippen molar-refractivity contribution in [2.24, 2.45) is 0 Å². The molecule has 1 aromatic carbocycles. The molecule has 5 rings (SSSR count). The molecule has 0 radical (unpaired) electrons. The van der Waals surface area contributed by atoms with Crippen molar-refractivity contribution in [3.8, 4) is 17.3 Å². The van der Waals surface area contributed by atoms with Crippen molar-refractivity contribution in [2.45, 2.75) is 45.3 Å². The average molecular weight is 607 g/mol. The minimum atomic E-state index is -4.53. The highest BCUT2D eigenvalue weighted by atomic mass is 35.5. The lowest BCUT2D eigenvalue weighted by Crippen LogP contribution is -2.36. The van der Waals surface area contributed by atoms with Crippen LogP contribution in [0.4, 0.5) is 35.2 Å². The molecule has 0 unspecified atom stereocenters. The van der Waals surface area contributed by atoms with Crippen LogP contribution in [-0.2, 0) is 15.7 Å². The number of aromatic nitrogens is 3. The van der Waals surface area contributed by atoms with E-state index in [4.69, 9.17) is 25.8 Å². The molecule has 0 spiro atoms. The van der Waals surface area contributed by atoms with Crippen LogP contribution < -0.4 is 19.9 Å². The zero-order valence-corrected chi connectivity index (χ0v) is 24.0. The summed E-state index contributed by atoms with van der Waals surface area (Å²) in [5, 5.41) is 2.95. The summed E-state index contributed by atoms with van der Waals surface area (Å²) < 4.78 is 57.0. The van der Waals surface area contributed by atoms with E-state index >= 15 is 0 Å². The van der Waals surface area contributed by atoms with Crippen LogP contribution in [0.25, 0.3) is 11.3 Å². The number of hydrogen-bond acceptors (Lipinski definition) is 8. The molecule has 42 heavy (non-hydrogen) atoms. The van der Waals surface area contributed by atoms with Gasteiger partial charge in [0.05, 0.1) is 46.7 Å². The summed E-state index contributed by atoms with van der Waals surface area (Å²) in [5.74, 6) is -0.386. The Bertz CT molecular complexity index is 1440.